The molecule has 1 aromatic rings. The lowest BCUT2D eigenvalue weighted by Gasteiger charge is -2.14. The summed E-state index contributed by atoms with van der Waals surface area (Å²) in [5.41, 5.74) is 0.00222. The Morgan fingerprint density at radius 3 is 2.93 bits per heavy atom. The van der Waals surface area contributed by atoms with Crippen molar-refractivity contribution in [3.8, 4) is 0 Å². The Morgan fingerprint density at radius 2 is 2.40 bits per heavy atom. The number of aliphatic hydroxyl groups is 1. The summed E-state index contributed by atoms with van der Waals surface area (Å²) in [4.78, 5) is 13.8. The maximum absolute atomic E-state index is 10.7. The molecule has 1 aliphatic rings. The first kappa shape index (κ1) is 9.85. The van der Waals surface area contributed by atoms with Crippen LogP contribution >= 0.6 is 0 Å². The number of hydrogen-bond acceptors (Lipinski definition) is 5. The molecule has 0 aromatic carbocycles. The van der Waals surface area contributed by atoms with E-state index in [1.165, 1.54) is 6.20 Å². The number of nitrogens with one attached hydrogen (secondary N) is 1. The van der Waals surface area contributed by atoms with Gasteiger partial charge < -0.3 is 20.5 Å². The van der Waals surface area contributed by atoms with E-state index in [4.69, 9.17) is 5.11 Å². The van der Waals surface area contributed by atoms with Crippen molar-refractivity contribution in [3.05, 3.63) is 28.4 Å². The highest BCUT2D eigenvalue weighted by Crippen LogP contribution is 2.39. The van der Waals surface area contributed by atoms with Gasteiger partial charge in [0, 0.05) is 0 Å². The third kappa shape index (κ3) is 1.89. The van der Waals surface area contributed by atoms with Gasteiger partial charge in [0.2, 0.25) is 0 Å². The Hall–Kier alpha value is -1.69. The highest BCUT2D eigenvalue weighted by atomic mass is 16.6. The van der Waals surface area contributed by atoms with Gasteiger partial charge in [-0.25, -0.2) is 0 Å². The zero-order valence-corrected chi connectivity index (χ0v) is 8.01. The standard InChI is InChI=1S/C9H11N3O3/c13-6-9(3-4-9)11-7-2-1-5-10-8(7)12(14)15/h1-2,5,11,13H,3-4,6H2. The van der Waals surface area contributed by atoms with E-state index in [2.05, 4.69) is 10.3 Å². The van der Waals surface area contributed by atoms with Gasteiger partial charge in [0.05, 0.1) is 12.1 Å². The third-order valence-corrected chi connectivity index (χ3v) is 2.52. The summed E-state index contributed by atoms with van der Waals surface area (Å²) < 4.78 is 0. The monoisotopic (exact) mass is 209 g/mol. The van der Waals surface area contributed by atoms with Crippen molar-refractivity contribution in [2.24, 2.45) is 0 Å². The van der Waals surface area contributed by atoms with Crippen LogP contribution in [0.25, 0.3) is 0 Å². The molecular weight excluding hydrogens is 198 g/mol. The van der Waals surface area contributed by atoms with Gasteiger partial charge in [-0.3, -0.25) is 0 Å². The van der Waals surface area contributed by atoms with Crippen LogP contribution in [0.2, 0.25) is 0 Å². The summed E-state index contributed by atoms with van der Waals surface area (Å²) in [6, 6.07) is 3.23. The molecule has 15 heavy (non-hydrogen) atoms. The molecule has 0 bridgehead atoms. The first-order valence-corrected chi connectivity index (χ1v) is 4.65. The molecular formula is C9H11N3O3. The lowest BCUT2D eigenvalue weighted by atomic mass is 10.2. The van der Waals surface area contributed by atoms with Gasteiger partial charge in [0.25, 0.3) is 0 Å². The molecule has 0 saturated heterocycles. The van der Waals surface area contributed by atoms with Crippen molar-refractivity contribution < 1.29 is 10.0 Å². The normalized spacial score (nSPS) is 17.1. The van der Waals surface area contributed by atoms with E-state index >= 15 is 0 Å². The smallest absolute Gasteiger partial charge is 0.386 e. The van der Waals surface area contributed by atoms with Crippen molar-refractivity contribution in [1.29, 1.82) is 0 Å². The van der Waals surface area contributed by atoms with Crippen molar-refractivity contribution in [2.75, 3.05) is 11.9 Å². The van der Waals surface area contributed by atoms with Crippen LogP contribution in [0, 0.1) is 10.1 Å². The number of nitrogens with zero attached hydrogens (tertiary/aromatic N) is 2. The molecule has 0 spiro atoms. The Labute approximate surface area is 86.1 Å². The Kier molecular flexibility index (Phi) is 2.28. The maximum Gasteiger partial charge on any atom is 0.386 e. The number of rotatable bonds is 4. The summed E-state index contributed by atoms with van der Waals surface area (Å²) in [6.07, 6.45) is 3.03. The van der Waals surface area contributed by atoms with Crippen LogP contribution in [0.1, 0.15) is 12.8 Å². The molecule has 80 valence electrons. The summed E-state index contributed by atoms with van der Waals surface area (Å²) in [5.74, 6) is -0.197. The molecule has 0 unspecified atom stereocenters. The second kappa shape index (κ2) is 3.47. The number of anilines is 1. The largest absolute Gasteiger partial charge is 0.394 e. The van der Waals surface area contributed by atoms with Crippen LogP contribution < -0.4 is 5.32 Å². The van der Waals surface area contributed by atoms with E-state index < -0.39 is 4.92 Å². The van der Waals surface area contributed by atoms with Gasteiger partial charge in [-0.05, 0) is 34.9 Å². The molecule has 2 N–H and O–H groups in total. The third-order valence-electron chi connectivity index (χ3n) is 2.52. The lowest BCUT2D eigenvalue weighted by molar-refractivity contribution is -0.388. The predicted octanol–water partition coefficient (Wildman–Crippen LogP) is 0.927. The Morgan fingerprint density at radius 1 is 1.67 bits per heavy atom. The van der Waals surface area contributed by atoms with E-state index in [0.717, 1.165) is 12.8 Å². The molecule has 0 amide bonds. The van der Waals surface area contributed by atoms with Gasteiger partial charge in [-0.1, -0.05) is 0 Å². The number of nitro groups is 1. The summed E-state index contributed by atoms with van der Waals surface area (Å²) in [7, 11) is 0. The highest BCUT2D eigenvalue weighted by molar-refractivity contribution is 5.59. The molecule has 0 radical (unpaired) electrons. The van der Waals surface area contributed by atoms with Crippen LogP contribution in [0.5, 0.6) is 0 Å². The topological polar surface area (TPSA) is 88.3 Å². The minimum Gasteiger partial charge on any atom is -0.394 e. The number of aliphatic hydroxyl groups excluding tert-OH is 1. The second-order valence-corrected chi connectivity index (χ2v) is 3.70. The molecule has 1 fully saturated rings. The summed E-state index contributed by atoms with van der Waals surface area (Å²) in [6.45, 7) is -0.0148. The summed E-state index contributed by atoms with van der Waals surface area (Å²) >= 11 is 0. The van der Waals surface area contributed by atoms with Gasteiger partial charge in [-0.2, -0.15) is 0 Å². The SMILES string of the molecule is O=[N+]([O-])c1ncccc1NC1(CO)CC1. The molecule has 1 aromatic heterocycles. The average molecular weight is 209 g/mol. The van der Waals surface area contributed by atoms with Gasteiger partial charge in [0.1, 0.15) is 11.9 Å². The molecule has 1 heterocycles. The number of aromatic nitrogens is 1. The van der Waals surface area contributed by atoms with E-state index in [1.54, 1.807) is 12.1 Å². The Balaban J connectivity index is 2.24. The molecule has 6 nitrogen and oxygen atoms in total. The Bertz CT molecular complexity index is 390. The zero-order chi connectivity index (χ0) is 10.9. The minimum atomic E-state index is -0.532. The van der Waals surface area contributed by atoms with Crippen molar-refractivity contribution in [3.63, 3.8) is 0 Å². The summed E-state index contributed by atoms with van der Waals surface area (Å²) in [5, 5.41) is 22.7. The fourth-order valence-corrected chi connectivity index (χ4v) is 1.40. The second-order valence-electron chi connectivity index (χ2n) is 3.70. The van der Waals surface area contributed by atoms with E-state index in [9.17, 15) is 10.1 Å². The van der Waals surface area contributed by atoms with E-state index in [0.29, 0.717) is 5.69 Å². The first-order valence-electron chi connectivity index (χ1n) is 4.65. The van der Waals surface area contributed by atoms with Crippen molar-refractivity contribution >= 4 is 11.5 Å². The number of pyridine rings is 1. The van der Waals surface area contributed by atoms with E-state index in [1.807, 2.05) is 0 Å². The quantitative estimate of drug-likeness (QED) is 0.568. The van der Waals surface area contributed by atoms with Crippen molar-refractivity contribution in [1.82, 2.24) is 4.98 Å². The van der Waals surface area contributed by atoms with Crippen molar-refractivity contribution in [2.45, 2.75) is 18.4 Å². The maximum atomic E-state index is 10.7. The van der Waals surface area contributed by atoms with Crippen LogP contribution in [0.15, 0.2) is 18.3 Å². The van der Waals surface area contributed by atoms with Crippen LogP contribution in [0.3, 0.4) is 0 Å². The predicted molar refractivity (Wildman–Crippen MR) is 53.6 cm³/mol. The fourth-order valence-electron chi connectivity index (χ4n) is 1.40. The fraction of sp³-hybridized carbons (Fsp3) is 0.444. The minimum absolute atomic E-state index is 0.0148. The van der Waals surface area contributed by atoms with Gasteiger partial charge in [0.15, 0.2) is 0 Å². The molecule has 1 aliphatic carbocycles. The van der Waals surface area contributed by atoms with Gasteiger partial charge >= 0.3 is 5.82 Å². The van der Waals surface area contributed by atoms with Crippen LogP contribution in [-0.2, 0) is 0 Å². The van der Waals surface area contributed by atoms with E-state index in [-0.39, 0.29) is 18.0 Å². The first-order chi connectivity index (χ1) is 7.17. The molecule has 2 rings (SSSR count). The molecule has 6 heteroatoms. The molecule has 1 saturated carbocycles. The van der Waals surface area contributed by atoms with Crippen LogP contribution in [-0.4, -0.2) is 27.2 Å². The highest BCUT2D eigenvalue weighted by Gasteiger charge is 2.43. The van der Waals surface area contributed by atoms with Crippen LogP contribution in [0.4, 0.5) is 11.5 Å². The zero-order valence-electron chi connectivity index (χ0n) is 8.01. The molecule has 0 aliphatic heterocycles. The average Bonchev–Trinajstić information content (AvgIpc) is 2.99. The lowest BCUT2D eigenvalue weighted by Crippen LogP contribution is -2.26. The molecule has 0 atom stereocenters. The van der Waals surface area contributed by atoms with Gasteiger partial charge in [-0.15, -0.1) is 0 Å². The number of hydrogen-bond donors (Lipinski definition) is 2.